The number of carbonyl (C=O) groups is 2. The summed E-state index contributed by atoms with van der Waals surface area (Å²) < 4.78 is 5.14. The van der Waals surface area contributed by atoms with Crippen LogP contribution in [-0.2, 0) is 28.8 Å². The van der Waals surface area contributed by atoms with Crippen LogP contribution in [0.15, 0.2) is 24.3 Å². The van der Waals surface area contributed by atoms with Crippen molar-refractivity contribution in [2.45, 2.75) is 32.6 Å². The first kappa shape index (κ1) is 18.1. The highest BCUT2D eigenvalue weighted by atomic mass is 32.1. The Hall–Kier alpha value is -2.74. The molecular formula is C18H18N2O5S. The molecule has 0 aliphatic heterocycles. The second kappa shape index (κ2) is 7.65. The van der Waals surface area contributed by atoms with E-state index >= 15 is 0 Å². The molecule has 0 radical (unpaired) electrons. The maximum Gasteiger partial charge on any atom is 0.341 e. The van der Waals surface area contributed by atoms with Crippen molar-refractivity contribution in [1.82, 2.24) is 0 Å². The zero-order valence-corrected chi connectivity index (χ0v) is 15.1. The number of nitrogens with one attached hydrogen (secondary N) is 1. The number of thiophene rings is 1. The van der Waals surface area contributed by atoms with E-state index in [1.54, 1.807) is 19.1 Å². The van der Waals surface area contributed by atoms with Gasteiger partial charge in [0.1, 0.15) is 5.00 Å². The largest absolute Gasteiger partial charge is 0.462 e. The van der Waals surface area contributed by atoms with E-state index in [0.29, 0.717) is 16.1 Å². The van der Waals surface area contributed by atoms with Gasteiger partial charge in [0.25, 0.3) is 5.69 Å². The highest BCUT2D eigenvalue weighted by Gasteiger charge is 2.28. The van der Waals surface area contributed by atoms with Gasteiger partial charge < -0.3 is 10.1 Å². The van der Waals surface area contributed by atoms with Gasteiger partial charge in [-0.3, -0.25) is 14.9 Å². The zero-order valence-electron chi connectivity index (χ0n) is 14.2. The fraction of sp³-hybridized carbons (Fsp3) is 0.333. The van der Waals surface area contributed by atoms with Crippen molar-refractivity contribution in [3.05, 3.63) is 55.9 Å². The first-order chi connectivity index (χ1) is 12.5. The molecule has 26 heavy (non-hydrogen) atoms. The lowest BCUT2D eigenvalue weighted by Gasteiger charge is -2.08. The summed E-state index contributed by atoms with van der Waals surface area (Å²) in [5.74, 6) is -0.679. The number of nitro groups is 1. The van der Waals surface area contributed by atoms with Crippen LogP contribution in [0, 0.1) is 10.1 Å². The summed E-state index contributed by atoms with van der Waals surface area (Å²) in [7, 11) is 0. The predicted octanol–water partition coefficient (Wildman–Crippen LogP) is 3.50. The molecule has 2 aromatic rings. The fourth-order valence-corrected chi connectivity index (χ4v) is 4.30. The van der Waals surface area contributed by atoms with Crippen LogP contribution in [0.3, 0.4) is 0 Å². The predicted molar refractivity (Wildman–Crippen MR) is 97.7 cm³/mol. The summed E-state index contributed by atoms with van der Waals surface area (Å²) in [6.45, 7) is 2.02. The van der Waals surface area contributed by atoms with Crippen LogP contribution in [0.2, 0.25) is 0 Å². The van der Waals surface area contributed by atoms with Crippen molar-refractivity contribution in [3.8, 4) is 0 Å². The summed E-state index contributed by atoms with van der Waals surface area (Å²) in [6.07, 6.45) is 2.80. The van der Waals surface area contributed by atoms with Gasteiger partial charge in [0.2, 0.25) is 5.91 Å². The molecule has 0 saturated carbocycles. The van der Waals surface area contributed by atoms with Crippen LogP contribution < -0.4 is 5.32 Å². The van der Waals surface area contributed by atoms with Gasteiger partial charge in [-0.15, -0.1) is 11.3 Å². The van der Waals surface area contributed by atoms with Gasteiger partial charge in [0.15, 0.2) is 0 Å². The number of non-ortho nitro benzene ring substituents is 1. The number of nitrogens with zero attached hydrogens (tertiary/aromatic N) is 1. The Kier molecular flexibility index (Phi) is 5.32. The second-order valence-corrected chi connectivity index (χ2v) is 7.04. The van der Waals surface area contributed by atoms with Crippen LogP contribution in [0.4, 0.5) is 10.7 Å². The molecule has 0 spiro atoms. The van der Waals surface area contributed by atoms with E-state index in [0.717, 1.165) is 29.7 Å². The van der Waals surface area contributed by atoms with Gasteiger partial charge in [-0.2, -0.15) is 0 Å². The third-order valence-electron chi connectivity index (χ3n) is 4.17. The number of amides is 1. The molecule has 1 aromatic heterocycles. The number of nitro benzene ring substituents is 1. The molecular weight excluding hydrogens is 356 g/mol. The maximum absolute atomic E-state index is 12.4. The summed E-state index contributed by atoms with van der Waals surface area (Å²) in [4.78, 5) is 36.0. The molecule has 1 heterocycles. The van der Waals surface area contributed by atoms with Crippen LogP contribution in [-0.4, -0.2) is 23.4 Å². The fourth-order valence-electron chi connectivity index (χ4n) is 3.00. The highest BCUT2D eigenvalue weighted by Crippen LogP contribution is 2.39. The molecule has 0 fully saturated rings. The minimum absolute atomic E-state index is 0.0200. The number of benzene rings is 1. The number of hydrogen-bond donors (Lipinski definition) is 1. The molecule has 1 aliphatic rings. The summed E-state index contributed by atoms with van der Waals surface area (Å²) in [5.41, 5.74) is 2.10. The molecule has 0 unspecified atom stereocenters. The van der Waals surface area contributed by atoms with Crippen LogP contribution in [0.5, 0.6) is 0 Å². The van der Waals surface area contributed by atoms with E-state index in [-0.39, 0.29) is 24.6 Å². The van der Waals surface area contributed by atoms with Crippen LogP contribution >= 0.6 is 11.3 Å². The third kappa shape index (κ3) is 3.75. The Bertz CT molecular complexity index is 857. The maximum atomic E-state index is 12.4. The van der Waals surface area contributed by atoms with E-state index < -0.39 is 10.9 Å². The van der Waals surface area contributed by atoms with Gasteiger partial charge in [-0.1, -0.05) is 12.1 Å². The topological polar surface area (TPSA) is 98.5 Å². The van der Waals surface area contributed by atoms with Gasteiger partial charge in [0, 0.05) is 17.0 Å². The average Bonchev–Trinajstić information content (AvgIpc) is 3.15. The van der Waals surface area contributed by atoms with Gasteiger partial charge >= 0.3 is 5.97 Å². The first-order valence-electron chi connectivity index (χ1n) is 8.34. The SMILES string of the molecule is CCOC(=O)c1c(NC(=O)Cc2ccc([N+](=O)[O-])cc2)sc2c1CCC2. The second-order valence-electron chi connectivity index (χ2n) is 5.93. The highest BCUT2D eigenvalue weighted by molar-refractivity contribution is 7.17. The molecule has 0 bridgehead atoms. The molecule has 1 aromatic carbocycles. The lowest BCUT2D eigenvalue weighted by atomic mass is 10.1. The Balaban J connectivity index is 1.75. The summed E-state index contributed by atoms with van der Waals surface area (Å²) in [6, 6.07) is 5.84. The van der Waals surface area contributed by atoms with E-state index in [1.807, 2.05) is 0 Å². The Morgan fingerprint density at radius 3 is 2.65 bits per heavy atom. The van der Waals surface area contributed by atoms with Gasteiger partial charge in [-0.25, -0.2) is 4.79 Å². The molecule has 7 nitrogen and oxygen atoms in total. The van der Waals surface area contributed by atoms with E-state index in [9.17, 15) is 19.7 Å². The molecule has 0 saturated heterocycles. The molecule has 8 heteroatoms. The molecule has 0 atom stereocenters. The number of rotatable bonds is 6. The number of carbonyl (C=O) groups excluding carboxylic acids is 2. The number of hydrogen-bond acceptors (Lipinski definition) is 6. The minimum atomic E-state index is -0.483. The van der Waals surface area contributed by atoms with Crippen molar-refractivity contribution in [3.63, 3.8) is 0 Å². The van der Waals surface area contributed by atoms with Crippen molar-refractivity contribution in [1.29, 1.82) is 0 Å². The van der Waals surface area contributed by atoms with Crippen molar-refractivity contribution < 1.29 is 19.2 Å². The first-order valence-corrected chi connectivity index (χ1v) is 9.16. The summed E-state index contributed by atoms with van der Waals surface area (Å²) >= 11 is 1.43. The standard InChI is InChI=1S/C18H18N2O5S/c1-2-25-18(22)16-13-4-3-5-14(13)26-17(16)19-15(21)10-11-6-8-12(9-7-11)20(23)24/h6-9H,2-5,10H2,1H3,(H,19,21). The van der Waals surface area contributed by atoms with Crippen LogP contribution in [0.1, 0.15) is 39.7 Å². The van der Waals surface area contributed by atoms with Gasteiger partial charge in [0.05, 0.1) is 23.5 Å². The average molecular weight is 374 g/mol. The Morgan fingerprint density at radius 1 is 1.27 bits per heavy atom. The van der Waals surface area contributed by atoms with Crippen molar-refractivity contribution in [2.24, 2.45) is 0 Å². The molecule has 1 N–H and O–H groups in total. The Morgan fingerprint density at radius 2 is 2.00 bits per heavy atom. The number of anilines is 1. The van der Waals surface area contributed by atoms with E-state index in [2.05, 4.69) is 5.32 Å². The Labute approximate surface area is 154 Å². The normalized spacial score (nSPS) is 12.5. The van der Waals surface area contributed by atoms with Crippen LogP contribution in [0.25, 0.3) is 0 Å². The van der Waals surface area contributed by atoms with E-state index in [4.69, 9.17) is 4.74 Å². The molecule has 1 amide bonds. The molecule has 3 rings (SSSR count). The zero-order chi connectivity index (χ0) is 18.7. The number of aryl methyl sites for hydroxylation is 1. The number of esters is 1. The smallest absolute Gasteiger partial charge is 0.341 e. The van der Waals surface area contributed by atoms with Crippen molar-refractivity contribution >= 4 is 33.9 Å². The lowest BCUT2D eigenvalue weighted by Crippen LogP contribution is -2.17. The third-order valence-corrected chi connectivity index (χ3v) is 5.37. The molecule has 136 valence electrons. The quantitative estimate of drug-likeness (QED) is 0.474. The van der Waals surface area contributed by atoms with E-state index in [1.165, 1.54) is 23.5 Å². The number of ether oxygens (including phenoxy) is 1. The lowest BCUT2D eigenvalue weighted by molar-refractivity contribution is -0.384. The number of fused-ring (bicyclic) bond motifs is 1. The van der Waals surface area contributed by atoms with Crippen molar-refractivity contribution in [2.75, 3.05) is 11.9 Å². The van der Waals surface area contributed by atoms with Gasteiger partial charge in [-0.05, 0) is 37.3 Å². The summed E-state index contributed by atoms with van der Waals surface area (Å²) in [5, 5.41) is 14.0. The molecule has 1 aliphatic carbocycles. The minimum Gasteiger partial charge on any atom is -0.462 e. The monoisotopic (exact) mass is 374 g/mol.